The summed E-state index contributed by atoms with van der Waals surface area (Å²) in [5.41, 5.74) is 9.34. The first-order valence-corrected chi connectivity index (χ1v) is 7.69. The average molecular weight is 294 g/mol. The van der Waals surface area contributed by atoms with Gasteiger partial charge in [-0.2, -0.15) is 0 Å². The van der Waals surface area contributed by atoms with Crippen molar-refractivity contribution in [2.75, 3.05) is 0 Å². The molecule has 0 aliphatic heterocycles. The largest absolute Gasteiger partial charge is 0.464 e. The molecule has 4 aromatic rings. The average Bonchev–Trinajstić information content (AvgIpc) is 3.10. The monoisotopic (exact) mass is 294 g/mol. The van der Waals surface area contributed by atoms with Gasteiger partial charge in [0.25, 0.3) is 0 Å². The highest BCUT2D eigenvalue weighted by molar-refractivity contribution is 7.18. The Kier molecular flexibility index (Phi) is 2.98. The molecule has 0 aliphatic carbocycles. The molecule has 0 amide bonds. The molecule has 1 atom stereocenters. The molecule has 0 spiro atoms. The number of nitrogens with two attached hydrogens (primary N) is 1. The van der Waals surface area contributed by atoms with Gasteiger partial charge in [0.1, 0.15) is 5.58 Å². The van der Waals surface area contributed by atoms with E-state index in [1.807, 2.05) is 42.5 Å². The molecule has 0 saturated heterocycles. The number of para-hydroxylation sites is 2. The maximum Gasteiger partial charge on any atom is 0.134 e. The first-order chi connectivity index (χ1) is 10.3. The van der Waals surface area contributed by atoms with Crippen LogP contribution in [0.25, 0.3) is 21.2 Å². The van der Waals surface area contributed by atoms with Gasteiger partial charge in [-0.25, -0.2) is 4.98 Å². The lowest BCUT2D eigenvalue weighted by Crippen LogP contribution is -2.12. The van der Waals surface area contributed by atoms with Crippen LogP contribution in [0.5, 0.6) is 0 Å². The molecule has 0 radical (unpaired) electrons. The number of fused-ring (bicyclic) bond motifs is 2. The van der Waals surface area contributed by atoms with E-state index in [1.54, 1.807) is 17.6 Å². The molecule has 3 nitrogen and oxygen atoms in total. The van der Waals surface area contributed by atoms with Gasteiger partial charge < -0.3 is 10.2 Å². The van der Waals surface area contributed by atoms with Gasteiger partial charge in [0.2, 0.25) is 0 Å². The maximum absolute atomic E-state index is 6.37. The number of hydrogen-bond acceptors (Lipinski definition) is 4. The summed E-state index contributed by atoms with van der Waals surface area (Å²) < 4.78 is 6.78. The maximum atomic E-state index is 6.37. The predicted molar refractivity (Wildman–Crippen MR) is 86.5 cm³/mol. The van der Waals surface area contributed by atoms with Crippen LogP contribution in [-0.2, 0) is 6.42 Å². The molecule has 0 bridgehead atoms. The SMILES string of the molecule is NC(Cc1nc2ccccc2s1)c1coc2ccccc12. The number of furan rings is 1. The highest BCUT2D eigenvalue weighted by Gasteiger charge is 2.15. The van der Waals surface area contributed by atoms with Gasteiger partial charge in [0.05, 0.1) is 21.5 Å². The number of benzene rings is 2. The van der Waals surface area contributed by atoms with Crippen molar-refractivity contribution in [2.45, 2.75) is 12.5 Å². The summed E-state index contributed by atoms with van der Waals surface area (Å²) in [6.45, 7) is 0. The molecule has 4 rings (SSSR count). The van der Waals surface area contributed by atoms with Gasteiger partial charge in [-0.1, -0.05) is 30.3 Å². The predicted octanol–water partition coefficient (Wildman–Crippen LogP) is 4.29. The topological polar surface area (TPSA) is 52.0 Å². The van der Waals surface area contributed by atoms with Crippen LogP contribution in [0.4, 0.5) is 0 Å². The molecule has 0 aliphatic rings. The number of nitrogens with zero attached hydrogens (tertiary/aromatic N) is 1. The number of rotatable bonds is 3. The third-order valence-electron chi connectivity index (χ3n) is 3.64. The molecule has 1 unspecified atom stereocenters. The summed E-state index contributed by atoms with van der Waals surface area (Å²) in [6, 6.07) is 16.1. The first-order valence-electron chi connectivity index (χ1n) is 6.87. The molecule has 0 saturated carbocycles. The molecule has 2 heterocycles. The standard InChI is InChI=1S/C17H14N2OS/c18-13(12-10-20-15-7-3-1-5-11(12)15)9-17-19-14-6-2-4-8-16(14)21-17/h1-8,10,13H,9,18H2. The molecule has 21 heavy (non-hydrogen) atoms. The first kappa shape index (κ1) is 12.6. The van der Waals surface area contributed by atoms with E-state index in [0.717, 1.165) is 33.5 Å². The van der Waals surface area contributed by atoms with Crippen LogP contribution in [0.3, 0.4) is 0 Å². The second-order valence-electron chi connectivity index (χ2n) is 5.07. The van der Waals surface area contributed by atoms with E-state index in [9.17, 15) is 0 Å². The van der Waals surface area contributed by atoms with Gasteiger partial charge in [-0.3, -0.25) is 0 Å². The van der Waals surface area contributed by atoms with E-state index in [1.165, 1.54) is 4.70 Å². The summed E-state index contributed by atoms with van der Waals surface area (Å²) in [5, 5.41) is 2.15. The third-order valence-corrected chi connectivity index (χ3v) is 4.70. The molecule has 2 N–H and O–H groups in total. The van der Waals surface area contributed by atoms with Gasteiger partial charge in [-0.05, 0) is 18.2 Å². The van der Waals surface area contributed by atoms with Crippen molar-refractivity contribution in [3.05, 3.63) is 65.4 Å². The van der Waals surface area contributed by atoms with E-state index in [0.29, 0.717) is 0 Å². The zero-order valence-electron chi connectivity index (χ0n) is 11.3. The Labute approximate surface area is 126 Å². The van der Waals surface area contributed by atoms with Crippen LogP contribution in [-0.4, -0.2) is 4.98 Å². The van der Waals surface area contributed by atoms with Crippen molar-refractivity contribution in [2.24, 2.45) is 5.73 Å². The van der Waals surface area contributed by atoms with Crippen molar-refractivity contribution < 1.29 is 4.42 Å². The number of aromatic nitrogens is 1. The molecule has 2 aromatic heterocycles. The quantitative estimate of drug-likeness (QED) is 0.613. The summed E-state index contributed by atoms with van der Waals surface area (Å²) in [7, 11) is 0. The Balaban J connectivity index is 1.67. The minimum Gasteiger partial charge on any atom is -0.464 e. The molecular weight excluding hydrogens is 280 g/mol. The summed E-state index contributed by atoms with van der Waals surface area (Å²) in [5.74, 6) is 0. The lowest BCUT2D eigenvalue weighted by atomic mass is 10.0. The van der Waals surface area contributed by atoms with Crippen molar-refractivity contribution >= 4 is 32.5 Å². The molecule has 2 aromatic carbocycles. The van der Waals surface area contributed by atoms with E-state index in [-0.39, 0.29) is 6.04 Å². The van der Waals surface area contributed by atoms with E-state index >= 15 is 0 Å². The smallest absolute Gasteiger partial charge is 0.134 e. The van der Waals surface area contributed by atoms with Crippen LogP contribution >= 0.6 is 11.3 Å². The number of thiazole rings is 1. The normalized spacial score (nSPS) is 13.0. The lowest BCUT2D eigenvalue weighted by molar-refractivity contribution is 0.599. The lowest BCUT2D eigenvalue weighted by Gasteiger charge is -2.07. The summed E-state index contributed by atoms with van der Waals surface area (Å²) in [6.07, 6.45) is 2.49. The fourth-order valence-corrected chi connectivity index (χ4v) is 3.62. The Morgan fingerprint density at radius 1 is 1.10 bits per heavy atom. The molecule has 104 valence electrons. The minimum absolute atomic E-state index is 0.103. The zero-order valence-corrected chi connectivity index (χ0v) is 12.1. The van der Waals surface area contributed by atoms with Crippen molar-refractivity contribution in [3.8, 4) is 0 Å². The van der Waals surface area contributed by atoms with Gasteiger partial charge in [-0.15, -0.1) is 11.3 Å². The van der Waals surface area contributed by atoms with Crippen molar-refractivity contribution in [1.82, 2.24) is 4.98 Å². The van der Waals surface area contributed by atoms with Crippen LogP contribution in [0.1, 0.15) is 16.6 Å². The summed E-state index contributed by atoms with van der Waals surface area (Å²) >= 11 is 1.71. The Morgan fingerprint density at radius 2 is 1.90 bits per heavy atom. The fraction of sp³-hybridized carbons (Fsp3) is 0.118. The second-order valence-corrected chi connectivity index (χ2v) is 6.19. The van der Waals surface area contributed by atoms with Crippen molar-refractivity contribution in [3.63, 3.8) is 0 Å². The Morgan fingerprint density at radius 3 is 2.81 bits per heavy atom. The Bertz CT molecular complexity index is 876. The summed E-state index contributed by atoms with van der Waals surface area (Å²) in [4.78, 5) is 4.65. The zero-order chi connectivity index (χ0) is 14.2. The molecule has 0 fully saturated rings. The van der Waals surface area contributed by atoms with Crippen molar-refractivity contribution in [1.29, 1.82) is 0 Å². The molecular formula is C17H14N2OS. The van der Waals surface area contributed by atoms with Gasteiger partial charge in [0, 0.05) is 23.4 Å². The van der Waals surface area contributed by atoms with Gasteiger partial charge >= 0.3 is 0 Å². The van der Waals surface area contributed by atoms with Gasteiger partial charge in [0.15, 0.2) is 0 Å². The Hall–Kier alpha value is -2.17. The third kappa shape index (κ3) is 2.22. The van der Waals surface area contributed by atoms with E-state index in [2.05, 4.69) is 11.1 Å². The second kappa shape index (κ2) is 4.98. The van der Waals surface area contributed by atoms with Crippen LogP contribution in [0.2, 0.25) is 0 Å². The van der Waals surface area contributed by atoms with Crippen LogP contribution in [0.15, 0.2) is 59.2 Å². The van der Waals surface area contributed by atoms with Crippen LogP contribution in [0, 0.1) is 0 Å². The highest BCUT2D eigenvalue weighted by Crippen LogP contribution is 2.29. The molecule has 4 heteroatoms. The van der Waals surface area contributed by atoms with E-state index < -0.39 is 0 Å². The van der Waals surface area contributed by atoms with Crippen LogP contribution < -0.4 is 5.73 Å². The minimum atomic E-state index is -0.103. The fourth-order valence-electron chi connectivity index (χ4n) is 2.59. The number of hydrogen-bond donors (Lipinski definition) is 1. The highest BCUT2D eigenvalue weighted by atomic mass is 32.1. The van der Waals surface area contributed by atoms with E-state index in [4.69, 9.17) is 10.2 Å².